The van der Waals surface area contributed by atoms with E-state index in [0.29, 0.717) is 36.6 Å². The first kappa shape index (κ1) is 16.6. The molecular weight excluding hydrogens is 339 g/mol. The molecule has 1 aliphatic rings. The minimum atomic E-state index is -3.21. The predicted octanol–water partition coefficient (Wildman–Crippen LogP) is 3.02. The molecule has 3 rings (SSSR count). The maximum absolute atomic E-state index is 13.7. The topological polar surface area (TPSA) is 59.5 Å². The molecule has 0 saturated carbocycles. The number of thiazole rings is 1. The number of rotatable bonds is 4. The van der Waals surface area contributed by atoms with Crippen molar-refractivity contribution in [3.63, 3.8) is 0 Å². The summed E-state index contributed by atoms with van der Waals surface area (Å²) in [6.07, 6.45) is 1.14. The molecule has 0 unspecified atom stereocenters. The fourth-order valence-corrected chi connectivity index (χ4v) is 4.80. The summed E-state index contributed by atoms with van der Waals surface area (Å²) in [6.45, 7) is 4.27. The van der Waals surface area contributed by atoms with E-state index in [1.807, 2.05) is 0 Å². The molecule has 0 amide bonds. The van der Waals surface area contributed by atoms with E-state index in [4.69, 9.17) is 4.74 Å². The zero-order chi connectivity index (χ0) is 16.6. The normalized spacial score (nSPS) is 17.9. The zero-order valence-electron chi connectivity index (χ0n) is 13.0. The number of aromatic nitrogens is 1. The van der Waals surface area contributed by atoms with Crippen molar-refractivity contribution >= 4 is 31.6 Å². The van der Waals surface area contributed by atoms with Crippen molar-refractivity contribution in [3.8, 4) is 5.19 Å². The molecule has 8 heteroatoms. The van der Waals surface area contributed by atoms with Gasteiger partial charge in [0.25, 0.3) is 5.19 Å². The first-order valence-electron chi connectivity index (χ1n) is 7.58. The average Bonchev–Trinajstić information content (AvgIpc) is 2.91. The fourth-order valence-electron chi connectivity index (χ4n) is 2.59. The van der Waals surface area contributed by atoms with Crippen LogP contribution in [-0.4, -0.2) is 42.2 Å². The van der Waals surface area contributed by atoms with Crippen LogP contribution in [0.4, 0.5) is 4.39 Å². The smallest absolute Gasteiger partial charge is 0.274 e. The van der Waals surface area contributed by atoms with Gasteiger partial charge >= 0.3 is 0 Å². The van der Waals surface area contributed by atoms with E-state index in [-0.39, 0.29) is 11.9 Å². The number of nitrogens with zero attached hydrogens (tertiary/aromatic N) is 2. The third-order valence-corrected chi connectivity index (χ3v) is 7.16. The predicted molar refractivity (Wildman–Crippen MR) is 88.9 cm³/mol. The summed E-state index contributed by atoms with van der Waals surface area (Å²) in [5.41, 5.74) is 0.326. The van der Waals surface area contributed by atoms with Crippen molar-refractivity contribution in [1.82, 2.24) is 9.29 Å². The van der Waals surface area contributed by atoms with E-state index in [2.05, 4.69) is 4.98 Å². The number of piperidine rings is 1. The van der Waals surface area contributed by atoms with Crippen LogP contribution in [0.15, 0.2) is 18.2 Å². The number of benzene rings is 1. The molecule has 2 heterocycles. The van der Waals surface area contributed by atoms with Gasteiger partial charge in [-0.2, -0.15) is 4.98 Å². The SMILES string of the molecule is CC(C)S(=O)(=O)N1CCC(Oc2nc3c(F)cccc3s2)CC1. The van der Waals surface area contributed by atoms with Crippen molar-refractivity contribution in [3.05, 3.63) is 24.0 Å². The summed E-state index contributed by atoms with van der Waals surface area (Å²) in [6, 6.07) is 4.83. The quantitative estimate of drug-likeness (QED) is 0.843. The first-order chi connectivity index (χ1) is 10.9. The number of fused-ring (bicyclic) bond motifs is 1. The number of sulfonamides is 1. The van der Waals surface area contributed by atoms with Gasteiger partial charge in [-0.15, -0.1) is 0 Å². The largest absolute Gasteiger partial charge is 0.467 e. The third kappa shape index (κ3) is 3.34. The second-order valence-electron chi connectivity index (χ2n) is 5.88. The number of halogens is 1. The Kier molecular flexibility index (Phi) is 4.57. The zero-order valence-corrected chi connectivity index (χ0v) is 14.7. The molecule has 1 fully saturated rings. The molecule has 0 bridgehead atoms. The average molecular weight is 358 g/mol. The minimum Gasteiger partial charge on any atom is -0.467 e. The molecule has 126 valence electrons. The van der Waals surface area contributed by atoms with Crippen LogP contribution in [-0.2, 0) is 10.0 Å². The number of hydrogen-bond acceptors (Lipinski definition) is 5. The summed E-state index contributed by atoms with van der Waals surface area (Å²) in [5.74, 6) is -0.355. The summed E-state index contributed by atoms with van der Waals surface area (Å²) in [7, 11) is -3.21. The minimum absolute atomic E-state index is 0.0859. The van der Waals surface area contributed by atoms with E-state index in [0.717, 1.165) is 4.70 Å². The molecule has 1 aliphatic heterocycles. The number of hydrogen-bond donors (Lipinski definition) is 0. The summed E-state index contributed by atoms with van der Waals surface area (Å²) >= 11 is 1.31. The van der Waals surface area contributed by atoms with Crippen LogP contribution in [0.1, 0.15) is 26.7 Å². The molecule has 0 aliphatic carbocycles. The number of ether oxygens (including phenoxy) is 1. The van der Waals surface area contributed by atoms with E-state index in [1.165, 1.54) is 21.7 Å². The van der Waals surface area contributed by atoms with E-state index in [9.17, 15) is 12.8 Å². The highest BCUT2D eigenvalue weighted by atomic mass is 32.2. The van der Waals surface area contributed by atoms with Crippen LogP contribution in [0.3, 0.4) is 0 Å². The Balaban J connectivity index is 1.65. The molecule has 0 radical (unpaired) electrons. The molecule has 0 N–H and O–H groups in total. The molecule has 2 aromatic rings. The van der Waals surface area contributed by atoms with Gasteiger partial charge < -0.3 is 4.74 Å². The highest BCUT2D eigenvalue weighted by Gasteiger charge is 2.31. The van der Waals surface area contributed by atoms with Crippen molar-refractivity contribution in [2.24, 2.45) is 0 Å². The van der Waals surface area contributed by atoms with Crippen LogP contribution >= 0.6 is 11.3 Å². The van der Waals surface area contributed by atoms with Crippen LogP contribution in [0.25, 0.3) is 10.2 Å². The summed E-state index contributed by atoms with van der Waals surface area (Å²) < 4.78 is 46.0. The number of para-hydroxylation sites is 1. The third-order valence-electron chi connectivity index (χ3n) is 3.97. The maximum Gasteiger partial charge on any atom is 0.274 e. The molecule has 0 atom stereocenters. The molecule has 23 heavy (non-hydrogen) atoms. The highest BCUT2D eigenvalue weighted by Crippen LogP contribution is 2.31. The second-order valence-corrected chi connectivity index (χ2v) is 9.36. The van der Waals surface area contributed by atoms with Crippen molar-refractivity contribution in [1.29, 1.82) is 0 Å². The van der Waals surface area contributed by atoms with Gasteiger partial charge in [0.05, 0.1) is 9.95 Å². The second kappa shape index (κ2) is 6.33. The Morgan fingerprint density at radius 2 is 2.04 bits per heavy atom. The van der Waals surface area contributed by atoms with Gasteiger partial charge in [-0.05, 0) is 38.8 Å². The molecule has 1 aromatic heterocycles. The van der Waals surface area contributed by atoms with E-state index in [1.54, 1.807) is 26.0 Å². The Hall–Kier alpha value is -1.25. The summed E-state index contributed by atoms with van der Waals surface area (Å²) in [5, 5.41) is 0.0301. The Morgan fingerprint density at radius 3 is 2.65 bits per heavy atom. The maximum atomic E-state index is 13.7. The molecular formula is C15H19FN2O3S2. The molecule has 1 aromatic carbocycles. The first-order valence-corrected chi connectivity index (χ1v) is 9.90. The molecule has 1 saturated heterocycles. The lowest BCUT2D eigenvalue weighted by atomic mass is 10.1. The highest BCUT2D eigenvalue weighted by molar-refractivity contribution is 7.89. The Morgan fingerprint density at radius 1 is 1.35 bits per heavy atom. The monoisotopic (exact) mass is 358 g/mol. The molecule has 5 nitrogen and oxygen atoms in total. The van der Waals surface area contributed by atoms with Gasteiger partial charge in [0.15, 0.2) is 0 Å². The van der Waals surface area contributed by atoms with Gasteiger partial charge in [0, 0.05) is 13.1 Å². The Bertz CT molecular complexity index is 796. The van der Waals surface area contributed by atoms with Crippen LogP contribution in [0.5, 0.6) is 5.19 Å². The van der Waals surface area contributed by atoms with Crippen LogP contribution in [0, 0.1) is 5.82 Å². The van der Waals surface area contributed by atoms with Crippen molar-refractivity contribution in [2.45, 2.75) is 38.0 Å². The van der Waals surface area contributed by atoms with Gasteiger partial charge in [0.1, 0.15) is 17.4 Å². The van der Waals surface area contributed by atoms with Gasteiger partial charge in [0.2, 0.25) is 10.0 Å². The lowest BCUT2D eigenvalue weighted by Crippen LogP contribution is -2.44. The fraction of sp³-hybridized carbons (Fsp3) is 0.533. The summed E-state index contributed by atoms with van der Waals surface area (Å²) in [4.78, 5) is 4.19. The lowest BCUT2D eigenvalue weighted by molar-refractivity contribution is 0.134. The van der Waals surface area contributed by atoms with Crippen LogP contribution in [0.2, 0.25) is 0 Å². The Labute approximate surface area is 139 Å². The van der Waals surface area contributed by atoms with Gasteiger partial charge in [-0.3, -0.25) is 0 Å². The van der Waals surface area contributed by atoms with Gasteiger partial charge in [-0.1, -0.05) is 17.4 Å². The van der Waals surface area contributed by atoms with E-state index < -0.39 is 15.3 Å². The van der Waals surface area contributed by atoms with Gasteiger partial charge in [-0.25, -0.2) is 17.1 Å². The lowest BCUT2D eigenvalue weighted by Gasteiger charge is -2.31. The standard InChI is InChI=1S/C15H19FN2O3S2/c1-10(2)23(19,20)18-8-6-11(7-9-18)21-15-17-14-12(16)4-3-5-13(14)22-15/h3-5,10-11H,6-9H2,1-2H3. The molecule has 0 spiro atoms. The van der Waals surface area contributed by atoms with Crippen molar-refractivity contribution < 1.29 is 17.5 Å². The van der Waals surface area contributed by atoms with E-state index >= 15 is 0 Å². The van der Waals surface area contributed by atoms with Crippen LogP contribution < -0.4 is 4.74 Å². The van der Waals surface area contributed by atoms with Crippen molar-refractivity contribution in [2.75, 3.05) is 13.1 Å².